The van der Waals surface area contributed by atoms with Gasteiger partial charge in [0.05, 0.1) is 17.1 Å². The molecule has 0 saturated heterocycles. The summed E-state index contributed by atoms with van der Waals surface area (Å²) in [5.74, 6) is -3.57. The lowest BCUT2D eigenvalue weighted by Gasteiger charge is -2.32. The number of nitrogens with two attached hydrogens (primary N) is 1. The van der Waals surface area contributed by atoms with E-state index in [1.54, 1.807) is 6.07 Å². The summed E-state index contributed by atoms with van der Waals surface area (Å²) in [5.41, 5.74) is 8.43. The van der Waals surface area contributed by atoms with Crippen LogP contribution in [-0.2, 0) is 34.0 Å². The summed E-state index contributed by atoms with van der Waals surface area (Å²) in [4.78, 5) is 32.9. The Morgan fingerprint density at radius 3 is 2.15 bits per heavy atom. The molecule has 2 aromatic carbocycles. The number of rotatable bonds is 18. The zero-order valence-corrected chi connectivity index (χ0v) is 28.1. The number of hydrogen-bond donors (Lipinski definition) is 3. The number of carbonyl (C=O) groups is 2. The van der Waals surface area contributed by atoms with E-state index in [-0.39, 0.29) is 30.6 Å². The van der Waals surface area contributed by atoms with E-state index in [2.05, 4.69) is 10.3 Å². The van der Waals surface area contributed by atoms with Crippen molar-refractivity contribution < 1.29 is 31.9 Å². The highest BCUT2D eigenvalue weighted by Gasteiger charge is 2.35. The average molecular weight is 673 g/mol. The highest BCUT2D eigenvalue weighted by molar-refractivity contribution is 7.92. The molecule has 9 nitrogen and oxygen atoms in total. The minimum atomic E-state index is -3.86. The molecular formula is C35H46F2N4O5S. The summed E-state index contributed by atoms with van der Waals surface area (Å²) < 4.78 is 55.1. The van der Waals surface area contributed by atoms with Gasteiger partial charge in [-0.05, 0) is 66.6 Å². The first-order chi connectivity index (χ1) is 22.4. The third-order valence-corrected chi connectivity index (χ3v) is 10.3. The topological polar surface area (TPSA) is 143 Å². The van der Waals surface area contributed by atoms with E-state index in [4.69, 9.17) is 5.73 Å². The quantitative estimate of drug-likeness (QED) is 0.182. The Kier molecular flexibility index (Phi) is 14.4. The van der Waals surface area contributed by atoms with Gasteiger partial charge in [-0.2, -0.15) is 0 Å². The average Bonchev–Trinajstić information content (AvgIpc) is 3.03. The van der Waals surface area contributed by atoms with Crippen LogP contribution in [0.15, 0.2) is 67.0 Å². The van der Waals surface area contributed by atoms with E-state index in [0.717, 1.165) is 35.7 Å². The molecule has 0 aliphatic carbocycles. The number of carbonyl (C=O) groups excluding carboxylic acids is 2. The molecule has 1 aromatic heterocycles. The van der Waals surface area contributed by atoms with Gasteiger partial charge < -0.3 is 21.1 Å². The smallest absolute Gasteiger partial charge is 0.252 e. The lowest BCUT2D eigenvalue weighted by molar-refractivity contribution is -0.135. The largest absolute Gasteiger partial charge is 0.390 e. The van der Waals surface area contributed by atoms with Crippen molar-refractivity contribution in [2.45, 2.75) is 89.3 Å². The molecule has 0 radical (unpaired) electrons. The standard InChI is InChI=1S/C35H46F2N4O5S/c1-4-8-30(9-5-2)47(45,46)23-32(40-34(43)27-12-14-39-15-13-27)35(44)41(21-25-11-7-10-24(6-3)16-25)22-33(42)31(38)19-26-17-28(36)20-29(37)18-26/h7,10-18,20,30-33,42H,4-6,8-9,19,21-23,38H2,1-3H3,(H,40,43)/t31-,32+,33+/m0/s1. The zero-order chi connectivity index (χ0) is 34.6. The summed E-state index contributed by atoms with van der Waals surface area (Å²) in [6.45, 7) is 5.42. The minimum absolute atomic E-state index is 0.0138. The summed E-state index contributed by atoms with van der Waals surface area (Å²) in [5, 5.41) is 13.1. The molecule has 4 N–H and O–H groups in total. The number of nitrogens with one attached hydrogen (secondary N) is 1. The molecule has 2 amide bonds. The van der Waals surface area contributed by atoms with Gasteiger partial charge in [0.25, 0.3) is 5.91 Å². The third-order valence-electron chi connectivity index (χ3n) is 8.05. The van der Waals surface area contributed by atoms with Crippen molar-refractivity contribution in [3.05, 3.63) is 101 Å². The van der Waals surface area contributed by atoms with Gasteiger partial charge in [-0.3, -0.25) is 14.6 Å². The molecule has 0 fully saturated rings. The number of sulfone groups is 1. The zero-order valence-electron chi connectivity index (χ0n) is 27.2. The number of pyridine rings is 1. The van der Waals surface area contributed by atoms with Crippen molar-refractivity contribution >= 4 is 21.7 Å². The molecule has 47 heavy (non-hydrogen) atoms. The lowest BCUT2D eigenvalue weighted by Crippen LogP contribution is -2.55. The van der Waals surface area contributed by atoms with Crippen LogP contribution in [0.1, 0.15) is 73.5 Å². The second kappa shape index (κ2) is 18.0. The van der Waals surface area contributed by atoms with Crippen LogP contribution >= 0.6 is 0 Å². The molecular weight excluding hydrogens is 626 g/mol. The highest BCUT2D eigenvalue weighted by Crippen LogP contribution is 2.19. The second-order valence-corrected chi connectivity index (χ2v) is 14.2. The number of aromatic nitrogens is 1. The van der Waals surface area contributed by atoms with Gasteiger partial charge in [0.2, 0.25) is 5.91 Å². The fourth-order valence-corrected chi connectivity index (χ4v) is 7.71. The van der Waals surface area contributed by atoms with Gasteiger partial charge in [0.1, 0.15) is 17.7 Å². The van der Waals surface area contributed by atoms with Gasteiger partial charge in [-0.15, -0.1) is 0 Å². The van der Waals surface area contributed by atoms with Crippen molar-refractivity contribution in [3.8, 4) is 0 Å². The Labute approximate surface area is 276 Å². The number of nitrogens with zero attached hydrogens (tertiary/aromatic N) is 2. The van der Waals surface area contributed by atoms with E-state index in [1.165, 1.54) is 29.4 Å². The monoisotopic (exact) mass is 672 g/mol. The molecule has 0 spiro atoms. The van der Waals surface area contributed by atoms with Crippen LogP contribution in [0.2, 0.25) is 0 Å². The predicted octanol–water partition coefficient (Wildman–Crippen LogP) is 4.36. The Morgan fingerprint density at radius 1 is 0.936 bits per heavy atom. The van der Waals surface area contributed by atoms with Crippen LogP contribution in [0.4, 0.5) is 8.78 Å². The van der Waals surface area contributed by atoms with E-state index in [9.17, 15) is 31.9 Å². The van der Waals surface area contributed by atoms with Gasteiger partial charge in [-0.25, -0.2) is 17.2 Å². The molecule has 0 saturated carbocycles. The minimum Gasteiger partial charge on any atom is -0.390 e. The molecule has 256 valence electrons. The maximum atomic E-state index is 14.4. The van der Waals surface area contributed by atoms with Gasteiger partial charge >= 0.3 is 0 Å². The Morgan fingerprint density at radius 2 is 1.55 bits per heavy atom. The Hall–Kier alpha value is -3.74. The normalized spacial score (nSPS) is 13.6. The Balaban J connectivity index is 1.98. The highest BCUT2D eigenvalue weighted by atomic mass is 32.2. The van der Waals surface area contributed by atoms with Crippen molar-refractivity contribution in [2.24, 2.45) is 5.73 Å². The van der Waals surface area contributed by atoms with Gasteiger partial charge in [0, 0.05) is 43.2 Å². The predicted molar refractivity (Wildman–Crippen MR) is 178 cm³/mol. The number of benzene rings is 2. The number of halogens is 2. The molecule has 0 aliphatic rings. The summed E-state index contributed by atoms with van der Waals surface area (Å²) >= 11 is 0. The summed E-state index contributed by atoms with van der Waals surface area (Å²) in [6.07, 6.45) is 4.20. The fourth-order valence-electron chi connectivity index (χ4n) is 5.55. The van der Waals surface area contributed by atoms with Crippen molar-refractivity contribution in [3.63, 3.8) is 0 Å². The summed E-state index contributed by atoms with van der Waals surface area (Å²) in [6, 6.07) is 10.9. The van der Waals surface area contributed by atoms with Crippen molar-refractivity contribution in [1.82, 2.24) is 15.2 Å². The van der Waals surface area contributed by atoms with Gasteiger partial charge in [-0.1, -0.05) is 57.9 Å². The SMILES string of the molecule is CCCC(CCC)S(=O)(=O)C[C@@H](NC(=O)c1ccncc1)C(=O)N(Cc1cccc(CC)c1)C[C@@H](O)[C@@H](N)Cc1cc(F)cc(F)c1. The molecule has 3 aromatic rings. The second-order valence-electron chi connectivity index (χ2n) is 11.9. The number of aryl methyl sites for hydroxylation is 1. The lowest BCUT2D eigenvalue weighted by atomic mass is 10.0. The van der Waals surface area contributed by atoms with Crippen LogP contribution in [0, 0.1) is 11.6 Å². The molecule has 0 aliphatic heterocycles. The molecule has 0 unspecified atom stereocenters. The van der Waals surface area contributed by atoms with Crippen LogP contribution in [-0.4, -0.2) is 71.0 Å². The van der Waals surface area contributed by atoms with E-state index < -0.39 is 62.5 Å². The number of aliphatic hydroxyl groups excluding tert-OH is 1. The number of amides is 2. The fraction of sp³-hybridized carbons (Fsp3) is 0.457. The van der Waals surface area contributed by atoms with E-state index in [0.29, 0.717) is 25.7 Å². The third kappa shape index (κ3) is 11.5. The van der Waals surface area contributed by atoms with Crippen molar-refractivity contribution in [2.75, 3.05) is 12.3 Å². The van der Waals surface area contributed by atoms with E-state index >= 15 is 0 Å². The first kappa shape index (κ1) is 37.7. The molecule has 12 heteroatoms. The maximum Gasteiger partial charge on any atom is 0.252 e. The Bertz CT molecular complexity index is 1550. The van der Waals surface area contributed by atoms with Crippen molar-refractivity contribution in [1.29, 1.82) is 0 Å². The van der Waals surface area contributed by atoms with Crippen LogP contribution < -0.4 is 11.1 Å². The number of aliphatic hydroxyl groups is 1. The maximum absolute atomic E-state index is 14.4. The molecule has 0 bridgehead atoms. The molecule has 1 heterocycles. The molecule has 3 rings (SSSR count). The first-order valence-electron chi connectivity index (χ1n) is 16.0. The number of hydrogen-bond acceptors (Lipinski definition) is 7. The molecule has 3 atom stereocenters. The first-order valence-corrected chi connectivity index (χ1v) is 17.8. The summed E-state index contributed by atoms with van der Waals surface area (Å²) in [7, 11) is -3.86. The van der Waals surface area contributed by atoms with E-state index in [1.807, 2.05) is 39.0 Å². The van der Waals surface area contributed by atoms with Crippen LogP contribution in [0.3, 0.4) is 0 Å². The van der Waals surface area contributed by atoms with Crippen LogP contribution in [0.5, 0.6) is 0 Å². The van der Waals surface area contributed by atoms with Gasteiger partial charge in [0.15, 0.2) is 9.84 Å². The van der Waals surface area contributed by atoms with Crippen LogP contribution in [0.25, 0.3) is 0 Å².